The van der Waals surface area contributed by atoms with E-state index in [1.54, 1.807) is 0 Å². The summed E-state index contributed by atoms with van der Waals surface area (Å²) < 4.78 is 10.6. The van der Waals surface area contributed by atoms with E-state index in [0.29, 0.717) is 12.8 Å². The molecule has 0 fully saturated rings. The van der Waals surface area contributed by atoms with Gasteiger partial charge in [0.2, 0.25) is 0 Å². The lowest BCUT2D eigenvalue weighted by Crippen LogP contribution is -2.28. The minimum absolute atomic E-state index is 0.0890. The Labute approximate surface area is 382 Å². The van der Waals surface area contributed by atoms with Crippen molar-refractivity contribution >= 4 is 11.9 Å². The summed E-state index contributed by atoms with van der Waals surface area (Å²) in [5.41, 5.74) is 0. The maximum atomic E-state index is 12.3. The monoisotopic (exact) mass is 857 g/mol. The van der Waals surface area contributed by atoms with Crippen LogP contribution in [-0.4, -0.2) is 36.4 Å². The molecule has 0 spiro atoms. The SMILES string of the molecule is CC/C=C\C/C=C\C/C=C\C/C=C\C/C=C\C/C=C\C/C=C\CCCCCCCC(=O)OC(CO)COC(=O)CCCCCCCC/C=C\C/C=C\C/C=C\CCCCCCC. The van der Waals surface area contributed by atoms with Crippen molar-refractivity contribution in [2.45, 2.75) is 213 Å². The predicted octanol–water partition coefficient (Wildman–Crippen LogP) is 16.7. The first-order valence-corrected chi connectivity index (χ1v) is 25.1. The molecule has 0 radical (unpaired) electrons. The summed E-state index contributed by atoms with van der Waals surface area (Å²) in [5.74, 6) is -0.636. The van der Waals surface area contributed by atoms with Crippen LogP contribution in [0.4, 0.5) is 0 Å². The number of unbranched alkanes of at least 4 members (excludes halogenated alkanes) is 16. The number of hydrogen-bond acceptors (Lipinski definition) is 5. The molecule has 0 aromatic rings. The van der Waals surface area contributed by atoms with Gasteiger partial charge in [-0.05, 0) is 109 Å². The number of carbonyl (C=O) groups excluding carboxylic acids is 2. The van der Waals surface area contributed by atoms with Crippen LogP contribution in [0, 0.1) is 0 Å². The molecule has 1 unspecified atom stereocenters. The molecule has 0 amide bonds. The van der Waals surface area contributed by atoms with E-state index in [1.807, 2.05) is 0 Å². The van der Waals surface area contributed by atoms with Crippen molar-refractivity contribution < 1.29 is 24.2 Å². The van der Waals surface area contributed by atoms with Crippen molar-refractivity contribution in [3.63, 3.8) is 0 Å². The molecule has 0 aliphatic heterocycles. The Morgan fingerprint density at radius 2 is 0.694 bits per heavy atom. The van der Waals surface area contributed by atoms with E-state index in [-0.39, 0.29) is 25.2 Å². The van der Waals surface area contributed by atoms with E-state index in [4.69, 9.17) is 9.47 Å². The first-order valence-electron chi connectivity index (χ1n) is 25.1. The number of aliphatic hydroxyl groups excluding tert-OH is 1. The van der Waals surface area contributed by atoms with Crippen LogP contribution in [0.3, 0.4) is 0 Å². The lowest BCUT2D eigenvalue weighted by Gasteiger charge is -2.15. The number of aliphatic hydroxyl groups is 1. The average molecular weight is 857 g/mol. The molecule has 0 aromatic heterocycles. The highest BCUT2D eigenvalue weighted by atomic mass is 16.6. The Balaban J connectivity index is 3.66. The van der Waals surface area contributed by atoms with Gasteiger partial charge in [0.1, 0.15) is 6.61 Å². The molecule has 0 aromatic carbocycles. The zero-order valence-corrected chi connectivity index (χ0v) is 39.8. The molecule has 0 rings (SSSR count). The second-order valence-corrected chi connectivity index (χ2v) is 16.2. The lowest BCUT2D eigenvalue weighted by molar-refractivity contribution is -0.161. The van der Waals surface area contributed by atoms with E-state index < -0.39 is 6.10 Å². The number of ether oxygens (including phenoxy) is 2. The lowest BCUT2D eigenvalue weighted by atomic mass is 10.1. The molecule has 0 bridgehead atoms. The van der Waals surface area contributed by atoms with Crippen molar-refractivity contribution in [1.29, 1.82) is 0 Å². The fourth-order valence-corrected chi connectivity index (χ4v) is 6.48. The Kier molecular flexibility index (Phi) is 48.6. The fourth-order valence-electron chi connectivity index (χ4n) is 6.48. The third kappa shape index (κ3) is 49.0. The first-order chi connectivity index (χ1) is 30.6. The van der Waals surface area contributed by atoms with Gasteiger partial charge in [-0.1, -0.05) is 206 Å². The number of rotatable bonds is 44. The molecule has 1 atom stereocenters. The van der Waals surface area contributed by atoms with Crippen molar-refractivity contribution in [2.24, 2.45) is 0 Å². The zero-order chi connectivity index (χ0) is 44.9. The maximum Gasteiger partial charge on any atom is 0.306 e. The van der Waals surface area contributed by atoms with Crippen LogP contribution in [0.2, 0.25) is 0 Å². The van der Waals surface area contributed by atoms with Gasteiger partial charge in [-0.15, -0.1) is 0 Å². The molecule has 1 N–H and O–H groups in total. The second kappa shape index (κ2) is 51.6. The summed E-state index contributed by atoms with van der Waals surface area (Å²) in [6.45, 7) is 3.98. The van der Waals surface area contributed by atoms with Gasteiger partial charge in [0.25, 0.3) is 0 Å². The zero-order valence-electron chi connectivity index (χ0n) is 39.8. The topological polar surface area (TPSA) is 72.8 Å². The van der Waals surface area contributed by atoms with Gasteiger partial charge in [-0.3, -0.25) is 9.59 Å². The van der Waals surface area contributed by atoms with Crippen LogP contribution >= 0.6 is 0 Å². The van der Waals surface area contributed by atoms with Gasteiger partial charge in [-0.25, -0.2) is 0 Å². The number of allylic oxidation sites excluding steroid dienone is 20. The Morgan fingerprint density at radius 1 is 0.387 bits per heavy atom. The highest BCUT2D eigenvalue weighted by Crippen LogP contribution is 2.12. The standard InChI is InChI=1S/C57H92O5/c1-3-5-7-9-11-13-15-17-19-21-23-25-26-27-28-29-30-32-34-36-38-40-42-44-46-48-50-52-57(60)62-55(53-58)54-61-56(59)51-49-47-45-43-41-39-37-35-33-31-24-22-20-18-16-14-12-10-8-6-4-2/h5,7,11,13,16-19,22-25,27-28,30,32-33,35-36,38,55,58H,3-4,6,8-10,12,14-15,20-21,26,29,31,34,37,39-54H2,1-2H3/b7-5-,13-11-,18-16-,19-17-,24-22-,25-23-,28-27-,32-30-,35-33-,38-36-. The molecule has 0 aliphatic rings. The number of hydrogen-bond donors (Lipinski definition) is 1. The molecule has 62 heavy (non-hydrogen) atoms. The fraction of sp³-hybridized carbons (Fsp3) is 0.614. The maximum absolute atomic E-state index is 12.3. The van der Waals surface area contributed by atoms with E-state index in [2.05, 4.69) is 135 Å². The van der Waals surface area contributed by atoms with E-state index in [9.17, 15) is 14.7 Å². The van der Waals surface area contributed by atoms with Crippen LogP contribution in [-0.2, 0) is 19.1 Å². The van der Waals surface area contributed by atoms with Crippen LogP contribution in [0.1, 0.15) is 206 Å². The average Bonchev–Trinajstić information content (AvgIpc) is 3.28. The van der Waals surface area contributed by atoms with E-state index in [0.717, 1.165) is 122 Å². The minimum Gasteiger partial charge on any atom is -0.462 e. The highest BCUT2D eigenvalue weighted by Gasteiger charge is 2.16. The van der Waals surface area contributed by atoms with Crippen LogP contribution in [0.5, 0.6) is 0 Å². The van der Waals surface area contributed by atoms with Crippen molar-refractivity contribution in [2.75, 3.05) is 13.2 Å². The number of esters is 2. The molecule has 350 valence electrons. The molecule has 0 aliphatic carbocycles. The van der Waals surface area contributed by atoms with Crippen LogP contribution < -0.4 is 0 Å². The van der Waals surface area contributed by atoms with E-state index in [1.165, 1.54) is 57.8 Å². The first kappa shape index (κ1) is 58.3. The Bertz CT molecular complexity index is 1290. The van der Waals surface area contributed by atoms with E-state index >= 15 is 0 Å². The van der Waals surface area contributed by atoms with Crippen molar-refractivity contribution in [1.82, 2.24) is 0 Å². The predicted molar refractivity (Wildman–Crippen MR) is 269 cm³/mol. The van der Waals surface area contributed by atoms with Crippen LogP contribution in [0.15, 0.2) is 122 Å². The summed E-state index contributed by atoms with van der Waals surface area (Å²) in [5, 5.41) is 9.62. The van der Waals surface area contributed by atoms with Gasteiger partial charge < -0.3 is 14.6 Å². The van der Waals surface area contributed by atoms with Gasteiger partial charge in [0, 0.05) is 12.8 Å². The highest BCUT2D eigenvalue weighted by molar-refractivity contribution is 5.70. The van der Waals surface area contributed by atoms with Gasteiger partial charge in [0.15, 0.2) is 6.10 Å². The molecular formula is C57H92O5. The smallest absolute Gasteiger partial charge is 0.306 e. The van der Waals surface area contributed by atoms with Gasteiger partial charge in [-0.2, -0.15) is 0 Å². The Hall–Kier alpha value is -3.70. The Morgan fingerprint density at radius 3 is 1.05 bits per heavy atom. The summed E-state index contributed by atoms with van der Waals surface area (Å²) in [7, 11) is 0. The molecule has 0 heterocycles. The summed E-state index contributed by atoms with van der Waals surface area (Å²) in [6.07, 6.45) is 75.6. The normalized spacial score (nSPS) is 13.3. The summed E-state index contributed by atoms with van der Waals surface area (Å²) >= 11 is 0. The van der Waals surface area contributed by atoms with Crippen molar-refractivity contribution in [3.05, 3.63) is 122 Å². The molecule has 5 nitrogen and oxygen atoms in total. The summed E-state index contributed by atoms with van der Waals surface area (Å²) in [6, 6.07) is 0. The molecular weight excluding hydrogens is 765 g/mol. The quantitative estimate of drug-likeness (QED) is 0.0375. The van der Waals surface area contributed by atoms with Gasteiger partial charge >= 0.3 is 11.9 Å². The largest absolute Gasteiger partial charge is 0.462 e. The third-order valence-corrected chi connectivity index (χ3v) is 10.2. The number of carbonyl (C=O) groups is 2. The molecule has 0 saturated carbocycles. The second-order valence-electron chi connectivity index (χ2n) is 16.2. The molecule has 5 heteroatoms. The van der Waals surface area contributed by atoms with Crippen LogP contribution in [0.25, 0.3) is 0 Å². The van der Waals surface area contributed by atoms with Crippen molar-refractivity contribution in [3.8, 4) is 0 Å². The third-order valence-electron chi connectivity index (χ3n) is 10.2. The molecule has 0 saturated heterocycles. The summed E-state index contributed by atoms with van der Waals surface area (Å²) in [4.78, 5) is 24.4. The van der Waals surface area contributed by atoms with Gasteiger partial charge in [0.05, 0.1) is 6.61 Å². The minimum atomic E-state index is -0.798.